The molecule has 3 rings (SSSR count). The van der Waals surface area contributed by atoms with E-state index in [1.165, 1.54) is 6.42 Å². The highest BCUT2D eigenvalue weighted by molar-refractivity contribution is 5.75. The molecule has 3 N–H and O–H groups in total. The van der Waals surface area contributed by atoms with Gasteiger partial charge in [-0.25, -0.2) is 4.79 Å². The lowest BCUT2D eigenvalue weighted by atomic mass is 9.93. The summed E-state index contributed by atoms with van der Waals surface area (Å²) in [5, 5.41) is 15.8. The number of aliphatic hydroxyl groups excluding tert-OH is 1. The first-order valence-electron chi connectivity index (χ1n) is 6.57. The van der Waals surface area contributed by atoms with Gasteiger partial charge in [0.25, 0.3) is 0 Å². The van der Waals surface area contributed by atoms with Gasteiger partial charge in [0.2, 0.25) is 0 Å². The van der Waals surface area contributed by atoms with Crippen molar-refractivity contribution < 1.29 is 9.90 Å². The Labute approximate surface area is 106 Å². The van der Waals surface area contributed by atoms with Crippen LogP contribution in [0.25, 0.3) is 0 Å². The highest BCUT2D eigenvalue weighted by Gasteiger charge is 2.32. The molecule has 0 heterocycles. The summed E-state index contributed by atoms with van der Waals surface area (Å²) in [4.78, 5) is 11.8. The van der Waals surface area contributed by atoms with Gasteiger partial charge < -0.3 is 15.7 Å². The van der Waals surface area contributed by atoms with Crippen molar-refractivity contribution >= 4 is 6.03 Å². The van der Waals surface area contributed by atoms with Crippen LogP contribution >= 0.6 is 0 Å². The second-order valence-electron chi connectivity index (χ2n) is 5.19. The zero-order valence-corrected chi connectivity index (χ0v) is 10.2. The Morgan fingerprint density at radius 1 is 1.22 bits per heavy atom. The lowest BCUT2D eigenvalue weighted by Gasteiger charge is -2.28. The van der Waals surface area contributed by atoms with Crippen LogP contribution in [0, 0.1) is 0 Å². The van der Waals surface area contributed by atoms with Gasteiger partial charge in [-0.2, -0.15) is 0 Å². The summed E-state index contributed by atoms with van der Waals surface area (Å²) in [5.74, 6) is 0. The SMILES string of the molecule is O=C(NC1CCC1)NC1c2ccccc2CC1O. The van der Waals surface area contributed by atoms with Gasteiger partial charge in [-0.3, -0.25) is 0 Å². The number of fused-ring (bicyclic) bond motifs is 1. The van der Waals surface area contributed by atoms with Crippen LogP contribution in [0.2, 0.25) is 0 Å². The maximum atomic E-state index is 11.8. The third-order valence-electron chi connectivity index (χ3n) is 3.93. The molecule has 4 heteroatoms. The second kappa shape index (κ2) is 4.61. The second-order valence-corrected chi connectivity index (χ2v) is 5.19. The van der Waals surface area contributed by atoms with Gasteiger partial charge in [0.05, 0.1) is 12.1 Å². The van der Waals surface area contributed by atoms with Crippen LogP contribution in [0.5, 0.6) is 0 Å². The fraction of sp³-hybridized carbons (Fsp3) is 0.500. The summed E-state index contributed by atoms with van der Waals surface area (Å²) in [6.45, 7) is 0. The number of carbonyl (C=O) groups excluding carboxylic acids is 1. The lowest BCUT2D eigenvalue weighted by Crippen LogP contribution is -2.47. The Hall–Kier alpha value is -1.55. The number of hydrogen-bond donors (Lipinski definition) is 3. The number of carbonyl (C=O) groups is 1. The zero-order chi connectivity index (χ0) is 12.5. The first-order chi connectivity index (χ1) is 8.74. The third kappa shape index (κ3) is 2.08. The van der Waals surface area contributed by atoms with E-state index in [1.807, 2.05) is 24.3 Å². The maximum absolute atomic E-state index is 11.8. The number of hydrogen-bond acceptors (Lipinski definition) is 2. The van der Waals surface area contributed by atoms with E-state index in [2.05, 4.69) is 10.6 Å². The highest BCUT2D eigenvalue weighted by atomic mass is 16.3. The molecule has 0 spiro atoms. The fourth-order valence-corrected chi connectivity index (χ4v) is 2.67. The normalized spacial score (nSPS) is 26.3. The van der Waals surface area contributed by atoms with Crippen LogP contribution in [-0.2, 0) is 6.42 Å². The molecule has 2 aliphatic rings. The molecule has 2 atom stereocenters. The Morgan fingerprint density at radius 2 is 2.00 bits per heavy atom. The summed E-state index contributed by atoms with van der Waals surface area (Å²) >= 11 is 0. The number of nitrogens with one attached hydrogen (secondary N) is 2. The Morgan fingerprint density at radius 3 is 2.72 bits per heavy atom. The smallest absolute Gasteiger partial charge is 0.315 e. The minimum atomic E-state index is -0.519. The van der Waals surface area contributed by atoms with Crippen LogP contribution in [0.3, 0.4) is 0 Å². The Balaban J connectivity index is 1.66. The van der Waals surface area contributed by atoms with E-state index in [-0.39, 0.29) is 12.1 Å². The van der Waals surface area contributed by atoms with Crippen molar-refractivity contribution in [2.45, 2.75) is 43.9 Å². The van der Waals surface area contributed by atoms with Gasteiger partial charge in [-0.15, -0.1) is 0 Å². The molecule has 1 saturated carbocycles. The van der Waals surface area contributed by atoms with Gasteiger partial charge in [-0.05, 0) is 30.4 Å². The summed E-state index contributed by atoms with van der Waals surface area (Å²) in [6, 6.07) is 7.75. The monoisotopic (exact) mass is 246 g/mol. The average molecular weight is 246 g/mol. The fourth-order valence-electron chi connectivity index (χ4n) is 2.67. The number of rotatable bonds is 2. The van der Waals surface area contributed by atoms with Crippen molar-refractivity contribution in [3.63, 3.8) is 0 Å². The Bertz CT molecular complexity index is 457. The molecule has 96 valence electrons. The quantitative estimate of drug-likeness (QED) is 0.740. The molecule has 4 nitrogen and oxygen atoms in total. The molecule has 0 bridgehead atoms. The summed E-state index contributed by atoms with van der Waals surface area (Å²) in [7, 11) is 0. The van der Waals surface area contributed by atoms with Crippen LogP contribution in [-0.4, -0.2) is 23.3 Å². The van der Waals surface area contributed by atoms with Gasteiger partial charge in [0.15, 0.2) is 0 Å². The van der Waals surface area contributed by atoms with E-state index >= 15 is 0 Å². The molecule has 18 heavy (non-hydrogen) atoms. The van der Waals surface area contributed by atoms with E-state index < -0.39 is 6.10 Å². The molecule has 0 saturated heterocycles. The van der Waals surface area contributed by atoms with Crippen molar-refractivity contribution in [1.29, 1.82) is 0 Å². The number of benzene rings is 1. The molecule has 0 aromatic heterocycles. The van der Waals surface area contributed by atoms with Crippen LogP contribution in [0.1, 0.15) is 36.4 Å². The van der Waals surface area contributed by atoms with Crippen molar-refractivity contribution in [1.82, 2.24) is 10.6 Å². The third-order valence-corrected chi connectivity index (χ3v) is 3.93. The van der Waals surface area contributed by atoms with Crippen LogP contribution < -0.4 is 10.6 Å². The standard InChI is InChI=1S/C14H18N2O2/c17-12-8-9-4-1-2-7-11(9)13(12)16-14(18)15-10-5-3-6-10/h1-2,4,7,10,12-13,17H,3,5-6,8H2,(H2,15,16,18). The number of amides is 2. The van der Waals surface area contributed by atoms with Crippen molar-refractivity contribution in [3.8, 4) is 0 Å². The van der Waals surface area contributed by atoms with Crippen molar-refractivity contribution in [3.05, 3.63) is 35.4 Å². The molecule has 0 radical (unpaired) electrons. The van der Waals surface area contributed by atoms with E-state index in [0.717, 1.165) is 24.0 Å². The minimum Gasteiger partial charge on any atom is -0.390 e. The minimum absolute atomic E-state index is 0.166. The summed E-state index contributed by atoms with van der Waals surface area (Å²) in [5.41, 5.74) is 2.16. The first-order valence-corrected chi connectivity index (χ1v) is 6.57. The van der Waals surface area contributed by atoms with E-state index in [9.17, 15) is 9.90 Å². The van der Waals surface area contributed by atoms with E-state index in [0.29, 0.717) is 12.5 Å². The van der Waals surface area contributed by atoms with Crippen LogP contribution in [0.4, 0.5) is 4.79 Å². The largest absolute Gasteiger partial charge is 0.390 e. The van der Waals surface area contributed by atoms with Gasteiger partial charge in [0.1, 0.15) is 0 Å². The highest BCUT2D eigenvalue weighted by Crippen LogP contribution is 2.31. The van der Waals surface area contributed by atoms with Gasteiger partial charge >= 0.3 is 6.03 Å². The average Bonchev–Trinajstić information content (AvgIpc) is 2.61. The molecule has 1 aromatic rings. The van der Waals surface area contributed by atoms with E-state index in [1.54, 1.807) is 0 Å². The molecule has 2 unspecified atom stereocenters. The maximum Gasteiger partial charge on any atom is 0.315 e. The molecular formula is C14H18N2O2. The number of aliphatic hydroxyl groups is 1. The predicted molar refractivity (Wildman–Crippen MR) is 68.2 cm³/mol. The molecular weight excluding hydrogens is 228 g/mol. The Kier molecular flexibility index (Phi) is 2.96. The summed E-state index contributed by atoms with van der Waals surface area (Å²) in [6.07, 6.45) is 3.42. The topological polar surface area (TPSA) is 61.4 Å². The lowest BCUT2D eigenvalue weighted by molar-refractivity contribution is 0.141. The molecule has 1 aromatic carbocycles. The van der Waals surface area contributed by atoms with E-state index in [4.69, 9.17) is 0 Å². The van der Waals surface area contributed by atoms with Crippen LogP contribution in [0.15, 0.2) is 24.3 Å². The summed E-state index contributed by atoms with van der Waals surface area (Å²) < 4.78 is 0. The molecule has 0 aliphatic heterocycles. The number of urea groups is 1. The van der Waals surface area contributed by atoms with Gasteiger partial charge in [0, 0.05) is 12.5 Å². The zero-order valence-electron chi connectivity index (χ0n) is 10.2. The predicted octanol–water partition coefficient (Wildman–Crippen LogP) is 1.50. The molecule has 2 aliphatic carbocycles. The van der Waals surface area contributed by atoms with Crippen molar-refractivity contribution in [2.24, 2.45) is 0 Å². The van der Waals surface area contributed by atoms with Gasteiger partial charge in [-0.1, -0.05) is 24.3 Å². The first kappa shape index (κ1) is 11.5. The molecule has 1 fully saturated rings. The molecule has 2 amide bonds. The van der Waals surface area contributed by atoms with Crippen molar-refractivity contribution in [2.75, 3.05) is 0 Å².